The van der Waals surface area contributed by atoms with Gasteiger partial charge in [-0.1, -0.05) is 0 Å². The van der Waals surface area contributed by atoms with Gasteiger partial charge in [0.25, 0.3) is 0 Å². The number of nitrogens with one attached hydrogen (secondary N) is 2. The van der Waals surface area contributed by atoms with Gasteiger partial charge in [-0.2, -0.15) is 18.4 Å². The summed E-state index contributed by atoms with van der Waals surface area (Å²) in [5, 5.41) is 15.4. The number of anilines is 1. The van der Waals surface area contributed by atoms with Crippen molar-refractivity contribution in [3.05, 3.63) is 29.3 Å². The molecule has 3 nitrogen and oxygen atoms in total. The molecular weight excluding hydrogens is 279 g/mol. The summed E-state index contributed by atoms with van der Waals surface area (Å²) >= 11 is 0. The molecule has 1 aromatic carbocycles. The summed E-state index contributed by atoms with van der Waals surface area (Å²) in [5.74, 6) is 0. The fourth-order valence-corrected chi connectivity index (χ4v) is 2.74. The Balaban J connectivity index is 2.07. The molecule has 1 saturated carbocycles. The highest BCUT2D eigenvalue weighted by molar-refractivity contribution is 5.54. The topological polar surface area (TPSA) is 47.8 Å². The first-order valence-corrected chi connectivity index (χ1v) is 6.99. The Bertz CT molecular complexity index is 526. The van der Waals surface area contributed by atoms with Crippen LogP contribution in [0.1, 0.15) is 36.8 Å². The molecule has 1 aromatic rings. The number of hydrogen-bond donors (Lipinski definition) is 2. The van der Waals surface area contributed by atoms with E-state index in [1.807, 2.05) is 7.05 Å². The molecule has 21 heavy (non-hydrogen) atoms. The molecule has 0 bridgehead atoms. The molecule has 0 spiro atoms. The zero-order valence-electron chi connectivity index (χ0n) is 11.8. The summed E-state index contributed by atoms with van der Waals surface area (Å²) in [6.07, 6.45) is -0.475. The maximum absolute atomic E-state index is 12.7. The molecule has 0 aliphatic heterocycles. The average molecular weight is 297 g/mol. The molecule has 0 amide bonds. The largest absolute Gasteiger partial charge is 0.417 e. The van der Waals surface area contributed by atoms with Gasteiger partial charge in [0.1, 0.15) is 0 Å². The first-order valence-electron chi connectivity index (χ1n) is 6.99. The highest BCUT2D eigenvalue weighted by atomic mass is 19.4. The van der Waals surface area contributed by atoms with E-state index in [4.69, 9.17) is 5.26 Å². The number of hydrogen-bond acceptors (Lipinski definition) is 3. The molecule has 0 aromatic heterocycles. The van der Waals surface area contributed by atoms with Crippen LogP contribution < -0.4 is 10.6 Å². The maximum Gasteiger partial charge on any atom is 0.417 e. The number of halogens is 3. The van der Waals surface area contributed by atoms with Gasteiger partial charge in [0.2, 0.25) is 0 Å². The fraction of sp³-hybridized carbons (Fsp3) is 0.533. The van der Waals surface area contributed by atoms with Crippen molar-refractivity contribution in [3.8, 4) is 6.07 Å². The van der Waals surface area contributed by atoms with E-state index in [2.05, 4.69) is 10.6 Å². The molecule has 1 fully saturated rings. The lowest BCUT2D eigenvalue weighted by Crippen LogP contribution is -2.34. The predicted octanol–water partition coefficient (Wildman–Crippen LogP) is 3.52. The van der Waals surface area contributed by atoms with E-state index in [1.165, 1.54) is 12.1 Å². The van der Waals surface area contributed by atoms with Gasteiger partial charge < -0.3 is 10.6 Å². The Morgan fingerprint density at radius 2 is 1.76 bits per heavy atom. The van der Waals surface area contributed by atoms with Crippen LogP contribution in [0.4, 0.5) is 18.9 Å². The monoisotopic (exact) mass is 297 g/mol. The first kappa shape index (κ1) is 15.6. The number of nitrogens with zero attached hydrogens (tertiary/aromatic N) is 1. The Morgan fingerprint density at radius 1 is 1.14 bits per heavy atom. The number of nitriles is 1. The fourth-order valence-electron chi connectivity index (χ4n) is 2.74. The van der Waals surface area contributed by atoms with Crippen molar-refractivity contribution >= 4 is 5.69 Å². The lowest BCUT2D eigenvalue weighted by molar-refractivity contribution is -0.137. The van der Waals surface area contributed by atoms with E-state index in [-0.39, 0.29) is 11.6 Å². The maximum atomic E-state index is 12.7. The van der Waals surface area contributed by atoms with Gasteiger partial charge in [-0.15, -0.1) is 0 Å². The summed E-state index contributed by atoms with van der Waals surface area (Å²) in [5.41, 5.74) is -0.640. The molecule has 0 unspecified atom stereocenters. The molecule has 0 radical (unpaired) electrons. The van der Waals surface area contributed by atoms with Crippen LogP contribution in [-0.4, -0.2) is 19.1 Å². The smallest absolute Gasteiger partial charge is 0.382 e. The molecule has 0 saturated heterocycles. The lowest BCUT2D eigenvalue weighted by atomic mass is 9.91. The summed E-state index contributed by atoms with van der Waals surface area (Å²) in [4.78, 5) is 0. The van der Waals surface area contributed by atoms with E-state index >= 15 is 0 Å². The van der Waals surface area contributed by atoms with Gasteiger partial charge in [-0.3, -0.25) is 0 Å². The normalized spacial score (nSPS) is 22.6. The lowest BCUT2D eigenvalue weighted by Gasteiger charge is -2.29. The van der Waals surface area contributed by atoms with Gasteiger partial charge in [0, 0.05) is 17.8 Å². The van der Waals surface area contributed by atoms with Gasteiger partial charge in [-0.05, 0) is 50.9 Å². The second-order valence-electron chi connectivity index (χ2n) is 5.35. The molecule has 2 rings (SSSR count). The number of benzene rings is 1. The molecule has 1 aliphatic carbocycles. The number of rotatable bonds is 3. The van der Waals surface area contributed by atoms with Gasteiger partial charge in [0.05, 0.1) is 17.2 Å². The highest BCUT2D eigenvalue weighted by Gasteiger charge is 2.33. The van der Waals surface area contributed by atoms with Crippen LogP contribution in [0, 0.1) is 11.3 Å². The van der Waals surface area contributed by atoms with Crippen molar-refractivity contribution in [1.29, 1.82) is 5.26 Å². The molecule has 2 N–H and O–H groups in total. The third-order valence-corrected chi connectivity index (χ3v) is 3.95. The summed E-state index contributed by atoms with van der Waals surface area (Å²) in [6.45, 7) is 0. The van der Waals surface area contributed by atoms with Crippen LogP contribution in [0.3, 0.4) is 0 Å². The van der Waals surface area contributed by atoms with E-state index in [1.54, 1.807) is 6.07 Å². The third-order valence-electron chi connectivity index (χ3n) is 3.95. The van der Waals surface area contributed by atoms with Crippen LogP contribution in [0.5, 0.6) is 0 Å². The minimum absolute atomic E-state index is 0.248. The second kappa shape index (κ2) is 6.35. The summed E-state index contributed by atoms with van der Waals surface area (Å²) in [6, 6.07) is 6.05. The highest BCUT2D eigenvalue weighted by Crippen LogP contribution is 2.33. The van der Waals surface area contributed by atoms with E-state index in [0.29, 0.717) is 11.7 Å². The summed E-state index contributed by atoms with van der Waals surface area (Å²) < 4.78 is 38.2. The molecular formula is C15H18F3N3. The van der Waals surface area contributed by atoms with Gasteiger partial charge in [0.15, 0.2) is 0 Å². The van der Waals surface area contributed by atoms with Crippen LogP contribution >= 0.6 is 0 Å². The van der Waals surface area contributed by atoms with Crippen molar-refractivity contribution < 1.29 is 13.2 Å². The molecule has 0 heterocycles. The van der Waals surface area contributed by atoms with Crippen LogP contribution in [0.15, 0.2) is 18.2 Å². The van der Waals surface area contributed by atoms with Crippen molar-refractivity contribution in [1.82, 2.24) is 5.32 Å². The Morgan fingerprint density at radius 3 is 2.29 bits per heavy atom. The standard InChI is InChI=1S/C15H18F3N3/c1-20-11-2-4-12(5-3-11)21-13-6-7-14(15(16,17)18)10(8-13)9-19/h6-8,11-12,20-21H,2-5H2,1H3. The van der Waals surface area contributed by atoms with Crippen molar-refractivity contribution in [3.63, 3.8) is 0 Å². The minimum atomic E-state index is -4.49. The van der Waals surface area contributed by atoms with E-state index in [9.17, 15) is 13.2 Å². The molecule has 0 atom stereocenters. The minimum Gasteiger partial charge on any atom is -0.382 e. The Hall–Kier alpha value is -1.74. The second-order valence-corrected chi connectivity index (χ2v) is 5.35. The van der Waals surface area contributed by atoms with Gasteiger partial charge >= 0.3 is 6.18 Å². The van der Waals surface area contributed by atoms with E-state index < -0.39 is 11.7 Å². The zero-order valence-corrected chi connectivity index (χ0v) is 11.8. The predicted molar refractivity (Wildman–Crippen MR) is 74.9 cm³/mol. The van der Waals surface area contributed by atoms with Crippen LogP contribution in [-0.2, 0) is 6.18 Å². The van der Waals surface area contributed by atoms with Crippen molar-refractivity contribution in [2.75, 3.05) is 12.4 Å². The average Bonchev–Trinajstić information content (AvgIpc) is 2.46. The van der Waals surface area contributed by atoms with Crippen molar-refractivity contribution in [2.24, 2.45) is 0 Å². The van der Waals surface area contributed by atoms with Crippen molar-refractivity contribution in [2.45, 2.75) is 43.9 Å². The molecule has 114 valence electrons. The van der Waals surface area contributed by atoms with Crippen LogP contribution in [0.25, 0.3) is 0 Å². The Kier molecular flexibility index (Phi) is 4.73. The molecule has 6 heteroatoms. The van der Waals surface area contributed by atoms with Gasteiger partial charge in [-0.25, -0.2) is 0 Å². The molecule has 1 aliphatic rings. The summed E-state index contributed by atoms with van der Waals surface area (Å²) in [7, 11) is 1.94. The number of alkyl halides is 3. The van der Waals surface area contributed by atoms with Crippen LogP contribution in [0.2, 0.25) is 0 Å². The third kappa shape index (κ3) is 3.88. The SMILES string of the molecule is CNC1CCC(Nc2ccc(C(F)(F)F)c(C#N)c2)CC1. The zero-order chi connectivity index (χ0) is 15.5. The Labute approximate surface area is 122 Å². The van der Waals surface area contributed by atoms with E-state index in [0.717, 1.165) is 31.7 Å². The first-order chi connectivity index (χ1) is 9.94. The quantitative estimate of drug-likeness (QED) is 0.897.